The van der Waals surface area contributed by atoms with Crippen LogP contribution in [0.3, 0.4) is 0 Å². The van der Waals surface area contributed by atoms with Gasteiger partial charge in [-0.05, 0) is 68.3 Å². The molecule has 0 spiro atoms. The van der Waals surface area contributed by atoms with E-state index in [9.17, 15) is 4.79 Å². The van der Waals surface area contributed by atoms with E-state index in [1.54, 1.807) is 0 Å². The average molecular weight is 284 g/mol. The second-order valence-electron chi connectivity index (χ2n) is 4.86. The Morgan fingerprint density at radius 1 is 1.00 bits per heavy atom. The van der Waals surface area contributed by atoms with E-state index in [1.165, 1.54) is 11.1 Å². The van der Waals surface area contributed by atoms with Gasteiger partial charge < -0.3 is 15.4 Å². The quantitative estimate of drug-likeness (QED) is 0.882. The van der Waals surface area contributed by atoms with Crippen LogP contribution in [0, 0.1) is 13.8 Å². The maximum atomic E-state index is 11.4. The van der Waals surface area contributed by atoms with Crippen molar-refractivity contribution >= 4 is 11.7 Å². The van der Waals surface area contributed by atoms with Crippen molar-refractivity contribution in [1.29, 1.82) is 0 Å². The molecule has 0 aromatic heterocycles. The van der Waals surface area contributed by atoms with Crippen LogP contribution >= 0.6 is 0 Å². The van der Waals surface area contributed by atoms with Crippen LogP contribution in [0.2, 0.25) is 0 Å². The minimum atomic E-state index is -0.208. The fraction of sp³-hybridized carbons (Fsp3) is 0.235. The highest BCUT2D eigenvalue weighted by Gasteiger charge is 2.02. The van der Waals surface area contributed by atoms with Crippen LogP contribution in [0.15, 0.2) is 42.5 Å². The van der Waals surface area contributed by atoms with Crippen LogP contribution in [0.25, 0.3) is 0 Å². The highest BCUT2D eigenvalue weighted by Crippen LogP contribution is 2.24. The molecule has 0 radical (unpaired) electrons. The van der Waals surface area contributed by atoms with Crippen LogP contribution in [0.4, 0.5) is 10.5 Å². The predicted octanol–water partition coefficient (Wildman–Crippen LogP) is 4.24. The number of hydrogen-bond acceptors (Lipinski definition) is 2. The third-order valence-corrected chi connectivity index (χ3v) is 3.16. The number of urea groups is 1. The molecule has 21 heavy (non-hydrogen) atoms. The maximum absolute atomic E-state index is 11.4. The summed E-state index contributed by atoms with van der Waals surface area (Å²) < 4.78 is 5.79. The van der Waals surface area contributed by atoms with Gasteiger partial charge in [0.25, 0.3) is 0 Å². The Kier molecular flexibility index (Phi) is 4.82. The Bertz CT molecular complexity index is 621. The lowest BCUT2D eigenvalue weighted by Crippen LogP contribution is -2.28. The number of aryl methyl sites for hydroxylation is 2. The second kappa shape index (κ2) is 6.79. The van der Waals surface area contributed by atoms with E-state index >= 15 is 0 Å². The molecule has 110 valence electrons. The van der Waals surface area contributed by atoms with Gasteiger partial charge in [-0.3, -0.25) is 0 Å². The molecular weight excluding hydrogens is 264 g/mol. The maximum Gasteiger partial charge on any atom is 0.319 e. The van der Waals surface area contributed by atoms with Gasteiger partial charge in [0, 0.05) is 12.2 Å². The van der Waals surface area contributed by atoms with Crippen molar-refractivity contribution in [1.82, 2.24) is 5.32 Å². The first-order valence-electron chi connectivity index (χ1n) is 6.98. The fourth-order valence-electron chi connectivity index (χ4n) is 1.86. The molecule has 0 fully saturated rings. The number of rotatable bonds is 4. The first kappa shape index (κ1) is 14.9. The Morgan fingerprint density at radius 3 is 2.29 bits per heavy atom. The number of anilines is 1. The largest absolute Gasteiger partial charge is 0.457 e. The van der Waals surface area contributed by atoms with Gasteiger partial charge in [-0.15, -0.1) is 0 Å². The molecule has 4 nitrogen and oxygen atoms in total. The molecule has 0 aliphatic carbocycles. The van der Waals surface area contributed by atoms with E-state index in [0.717, 1.165) is 17.2 Å². The highest BCUT2D eigenvalue weighted by atomic mass is 16.5. The zero-order chi connectivity index (χ0) is 15.2. The van der Waals surface area contributed by atoms with E-state index in [2.05, 4.69) is 24.5 Å². The molecule has 0 aliphatic rings. The van der Waals surface area contributed by atoms with Crippen LogP contribution in [0.1, 0.15) is 18.1 Å². The van der Waals surface area contributed by atoms with Gasteiger partial charge >= 0.3 is 6.03 Å². The van der Waals surface area contributed by atoms with Crippen LogP contribution < -0.4 is 15.4 Å². The van der Waals surface area contributed by atoms with Crippen LogP contribution in [-0.4, -0.2) is 12.6 Å². The number of nitrogens with one attached hydrogen (secondary N) is 2. The van der Waals surface area contributed by atoms with Crippen molar-refractivity contribution in [2.24, 2.45) is 0 Å². The summed E-state index contributed by atoms with van der Waals surface area (Å²) in [5, 5.41) is 5.42. The van der Waals surface area contributed by atoms with Crippen molar-refractivity contribution in [3.05, 3.63) is 53.6 Å². The second-order valence-corrected chi connectivity index (χ2v) is 4.86. The standard InChI is InChI=1S/C17H20N2O2/c1-4-18-17(20)19-14-6-9-15(10-7-14)21-16-8-5-12(2)13(3)11-16/h5-11H,4H2,1-3H3,(H2,18,19,20). The van der Waals surface area contributed by atoms with Crippen LogP contribution in [-0.2, 0) is 0 Å². The lowest BCUT2D eigenvalue weighted by atomic mass is 10.1. The zero-order valence-corrected chi connectivity index (χ0v) is 12.6. The van der Waals surface area contributed by atoms with Crippen molar-refractivity contribution < 1.29 is 9.53 Å². The SMILES string of the molecule is CCNC(=O)Nc1ccc(Oc2ccc(C)c(C)c2)cc1. The van der Waals surface area contributed by atoms with Crippen LogP contribution in [0.5, 0.6) is 11.5 Å². The van der Waals surface area contributed by atoms with E-state index in [0.29, 0.717) is 6.54 Å². The molecule has 2 rings (SSSR count). The molecule has 2 aromatic carbocycles. The van der Waals surface area contributed by atoms with E-state index in [1.807, 2.05) is 49.4 Å². The van der Waals surface area contributed by atoms with Gasteiger partial charge in [-0.2, -0.15) is 0 Å². The molecule has 2 amide bonds. The van der Waals surface area contributed by atoms with Gasteiger partial charge in [0.15, 0.2) is 0 Å². The summed E-state index contributed by atoms with van der Waals surface area (Å²) in [6.07, 6.45) is 0. The minimum absolute atomic E-state index is 0.208. The smallest absolute Gasteiger partial charge is 0.319 e. The topological polar surface area (TPSA) is 50.4 Å². The Hall–Kier alpha value is -2.49. The van der Waals surface area contributed by atoms with Gasteiger partial charge in [0.1, 0.15) is 11.5 Å². The molecule has 0 saturated carbocycles. The summed E-state index contributed by atoms with van der Waals surface area (Å²) in [5.41, 5.74) is 3.17. The van der Waals surface area contributed by atoms with Gasteiger partial charge in [-0.1, -0.05) is 6.07 Å². The summed E-state index contributed by atoms with van der Waals surface area (Å²) in [7, 11) is 0. The summed E-state index contributed by atoms with van der Waals surface area (Å²) in [6.45, 7) is 6.60. The number of amides is 2. The van der Waals surface area contributed by atoms with Crippen molar-refractivity contribution in [3.63, 3.8) is 0 Å². The number of carbonyl (C=O) groups is 1. The molecule has 0 atom stereocenters. The van der Waals surface area contributed by atoms with Gasteiger partial charge in [0.2, 0.25) is 0 Å². The first-order chi connectivity index (χ1) is 10.1. The van der Waals surface area contributed by atoms with E-state index < -0.39 is 0 Å². The van der Waals surface area contributed by atoms with Crippen molar-refractivity contribution in [3.8, 4) is 11.5 Å². The minimum Gasteiger partial charge on any atom is -0.457 e. The summed E-state index contributed by atoms with van der Waals surface area (Å²) in [5.74, 6) is 1.54. The Balaban J connectivity index is 2.01. The molecule has 0 aliphatic heterocycles. The Labute approximate surface area is 125 Å². The predicted molar refractivity (Wildman–Crippen MR) is 85.1 cm³/mol. The molecule has 4 heteroatoms. The summed E-state index contributed by atoms with van der Waals surface area (Å²) in [4.78, 5) is 11.4. The third kappa shape index (κ3) is 4.24. The molecule has 0 saturated heterocycles. The van der Waals surface area contributed by atoms with E-state index in [4.69, 9.17) is 4.74 Å². The summed E-state index contributed by atoms with van der Waals surface area (Å²) in [6, 6.07) is 13.1. The molecule has 0 bridgehead atoms. The zero-order valence-electron chi connectivity index (χ0n) is 12.6. The molecule has 2 N–H and O–H groups in total. The third-order valence-electron chi connectivity index (χ3n) is 3.16. The lowest BCUT2D eigenvalue weighted by Gasteiger charge is -2.09. The monoisotopic (exact) mass is 284 g/mol. The van der Waals surface area contributed by atoms with Crippen molar-refractivity contribution in [2.45, 2.75) is 20.8 Å². The number of hydrogen-bond donors (Lipinski definition) is 2. The number of ether oxygens (including phenoxy) is 1. The Morgan fingerprint density at radius 2 is 1.67 bits per heavy atom. The van der Waals surface area contributed by atoms with Gasteiger partial charge in [0.05, 0.1) is 0 Å². The molecule has 0 heterocycles. The molecule has 0 unspecified atom stereocenters. The normalized spacial score (nSPS) is 10.0. The highest BCUT2D eigenvalue weighted by molar-refractivity contribution is 5.89. The number of benzene rings is 2. The number of carbonyl (C=O) groups excluding carboxylic acids is 1. The van der Waals surface area contributed by atoms with Gasteiger partial charge in [-0.25, -0.2) is 4.79 Å². The fourth-order valence-corrected chi connectivity index (χ4v) is 1.86. The first-order valence-corrected chi connectivity index (χ1v) is 6.98. The summed E-state index contributed by atoms with van der Waals surface area (Å²) >= 11 is 0. The molecule has 2 aromatic rings. The lowest BCUT2D eigenvalue weighted by molar-refractivity contribution is 0.252. The molecular formula is C17H20N2O2. The van der Waals surface area contributed by atoms with Crippen molar-refractivity contribution in [2.75, 3.05) is 11.9 Å². The average Bonchev–Trinajstić information content (AvgIpc) is 2.45. The van der Waals surface area contributed by atoms with E-state index in [-0.39, 0.29) is 6.03 Å².